The van der Waals surface area contributed by atoms with Gasteiger partial charge < -0.3 is 5.21 Å². The molecule has 1 atom stereocenters. The lowest BCUT2D eigenvalue weighted by atomic mass is 10.3. The van der Waals surface area contributed by atoms with E-state index < -0.39 is 12.2 Å². The van der Waals surface area contributed by atoms with Gasteiger partial charge in [-0.25, -0.2) is 0 Å². The summed E-state index contributed by atoms with van der Waals surface area (Å²) in [7, 11) is 0.957. The first-order chi connectivity index (χ1) is 3.85. The number of hydrogen-bond acceptors (Lipinski definition) is 2. The van der Waals surface area contributed by atoms with E-state index in [0.717, 1.165) is 14.0 Å². The first-order valence-corrected chi connectivity index (χ1v) is 2.34. The Bertz CT molecular complexity index is 90.3. The Kier molecular flexibility index (Phi) is 2.45. The molecular weight excluding hydrogens is 135 g/mol. The smallest absolute Gasteiger partial charge is 0.314 e. The van der Waals surface area contributed by atoms with Gasteiger partial charge in [0.05, 0.1) is 0 Å². The number of rotatable bonds is 1. The van der Waals surface area contributed by atoms with Gasteiger partial charge in [0, 0.05) is 7.05 Å². The minimum absolute atomic E-state index is 0.125. The molecule has 0 rings (SSSR count). The van der Waals surface area contributed by atoms with Crippen molar-refractivity contribution in [3.63, 3.8) is 0 Å². The third kappa shape index (κ3) is 2.67. The molecule has 9 heavy (non-hydrogen) atoms. The highest BCUT2D eigenvalue weighted by Gasteiger charge is 2.38. The first kappa shape index (κ1) is 8.71. The zero-order chi connectivity index (χ0) is 7.65. The third-order valence-corrected chi connectivity index (χ3v) is 1.03. The summed E-state index contributed by atoms with van der Waals surface area (Å²) in [5, 5.41) is 8.39. The van der Waals surface area contributed by atoms with Gasteiger partial charge in [-0.3, -0.25) is 0 Å². The van der Waals surface area contributed by atoms with E-state index in [1.807, 2.05) is 0 Å². The van der Waals surface area contributed by atoms with E-state index in [-0.39, 0.29) is 5.06 Å². The van der Waals surface area contributed by atoms with Crippen molar-refractivity contribution < 1.29 is 18.4 Å². The largest absolute Gasteiger partial charge is 0.406 e. The normalized spacial score (nSPS) is 16.3. The second-order valence-electron chi connectivity index (χ2n) is 1.79. The Balaban J connectivity index is 3.88. The zero-order valence-corrected chi connectivity index (χ0v) is 5.11. The molecule has 0 saturated heterocycles. The average molecular weight is 143 g/mol. The monoisotopic (exact) mass is 143 g/mol. The lowest BCUT2D eigenvalue weighted by molar-refractivity contribution is -0.236. The van der Waals surface area contributed by atoms with Gasteiger partial charge in [0.25, 0.3) is 0 Å². The van der Waals surface area contributed by atoms with Crippen LogP contribution < -0.4 is 0 Å². The van der Waals surface area contributed by atoms with Crippen molar-refractivity contribution in [2.75, 3.05) is 7.05 Å². The van der Waals surface area contributed by atoms with Gasteiger partial charge in [-0.15, -0.1) is 0 Å². The maximum Gasteiger partial charge on any atom is 0.406 e. The fourth-order valence-corrected chi connectivity index (χ4v) is 0.212. The fraction of sp³-hybridized carbons (Fsp3) is 1.00. The Morgan fingerprint density at radius 2 is 1.78 bits per heavy atom. The summed E-state index contributed by atoms with van der Waals surface area (Å²) in [6.45, 7) is 0.875. The number of hydrogen-bond donors (Lipinski definition) is 1. The Hall–Kier alpha value is -0.290. The molecule has 1 N–H and O–H groups in total. The number of nitrogens with zero attached hydrogens (tertiary/aromatic N) is 1. The molecule has 0 spiro atoms. The zero-order valence-electron chi connectivity index (χ0n) is 5.11. The van der Waals surface area contributed by atoms with Gasteiger partial charge in [0.15, 0.2) is 0 Å². The summed E-state index contributed by atoms with van der Waals surface area (Å²) in [5.74, 6) is 0. The van der Waals surface area contributed by atoms with Crippen LogP contribution in [-0.2, 0) is 0 Å². The highest BCUT2D eigenvalue weighted by molar-refractivity contribution is 4.64. The molecule has 0 aromatic carbocycles. The van der Waals surface area contributed by atoms with E-state index in [4.69, 9.17) is 5.21 Å². The van der Waals surface area contributed by atoms with Gasteiger partial charge in [0.2, 0.25) is 0 Å². The molecule has 0 saturated carbocycles. The second kappa shape index (κ2) is 2.53. The number of hydroxylamine groups is 2. The summed E-state index contributed by atoms with van der Waals surface area (Å²) < 4.78 is 34.5. The summed E-state index contributed by atoms with van der Waals surface area (Å²) in [5.41, 5.74) is 0. The molecule has 5 heteroatoms. The van der Waals surface area contributed by atoms with Crippen LogP contribution in [-0.4, -0.2) is 29.5 Å². The summed E-state index contributed by atoms with van der Waals surface area (Å²) in [4.78, 5) is 0. The molecule has 0 aromatic heterocycles. The molecule has 0 bridgehead atoms. The molecule has 0 aromatic rings. The predicted molar refractivity (Wildman–Crippen MR) is 25.1 cm³/mol. The van der Waals surface area contributed by atoms with Gasteiger partial charge in [-0.1, -0.05) is 0 Å². The molecule has 56 valence electrons. The Morgan fingerprint density at radius 3 is 1.78 bits per heavy atom. The molecule has 1 unspecified atom stereocenters. The van der Waals surface area contributed by atoms with Gasteiger partial charge >= 0.3 is 6.18 Å². The molecule has 0 amide bonds. The molecular formula is C4H8F3NO. The molecule has 0 radical (unpaired) electrons. The molecule has 0 fully saturated rings. The van der Waals surface area contributed by atoms with Crippen LogP contribution in [0.5, 0.6) is 0 Å². The van der Waals surface area contributed by atoms with Gasteiger partial charge in [0.1, 0.15) is 6.04 Å². The van der Waals surface area contributed by atoms with Crippen LogP contribution in [0.2, 0.25) is 0 Å². The summed E-state index contributed by atoms with van der Waals surface area (Å²) in [6, 6.07) is -1.79. The molecule has 2 nitrogen and oxygen atoms in total. The van der Waals surface area contributed by atoms with Gasteiger partial charge in [-0.05, 0) is 6.92 Å². The van der Waals surface area contributed by atoms with E-state index in [1.54, 1.807) is 0 Å². The van der Waals surface area contributed by atoms with Crippen molar-refractivity contribution in [1.82, 2.24) is 5.06 Å². The molecule has 0 aliphatic heterocycles. The van der Waals surface area contributed by atoms with Crippen LogP contribution in [0.15, 0.2) is 0 Å². The maximum absolute atomic E-state index is 11.5. The second-order valence-corrected chi connectivity index (χ2v) is 1.79. The quantitative estimate of drug-likeness (QED) is 0.558. The Morgan fingerprint density at radius 1 is 1.44 bits per heavy atom. The van der Waals surface area contributed by atoms with Crippen LogP contribution in [0.1, 0.15) is 6.92 Å². The van der Waals surface area contributed by atoms with E-state index in [9.17, 15) is 13.2 Å². The lowest BCUT2D eigenvalue weighted by Gasteiger charge is -2.20. The van der Waals surface area contributed by atoms with Crippen molar-refractivity contribution in [3.05, 3.63) is 0 Å². The van der Waals surface area contributed by atoms with Crippen LogP contribution in [0.4, 0.5) is 13.2 Å². The topological polar surface area (TPSA) is 23.5 Å². The standard InChI is InChI=1S/C4H8F3NO/c1-3(8(2)9)4(5,6)7/h3,9H,1-2H3. The molecule has 0 aliphatic carbocycles. The van der Waals surface area contributed by atoms with Crippen molar-refractivity contribution in [1.29, 1.82) is 0 Å². The van der Waals surface area contributed by atoms with Crippen molar-refractivity contribution >= 4 is 0 Å². The van der Waals surface area contributed by atoms with Crippen molar-refractivity contribution in [2.24, 2.45) is 0 Å². The first-order valence-electron chi connectivity index (χ1n) is 2.34. The lowest BCUT2D eigenvalue weighted by Crippen LogP contribution is -2.38. The third-order valence-electron chi connectivity index (χ3n) is 1.03. The number of alkyl halides is 3. The highest BCUT2D eigenvalue weighted by Crippen LogP contribution is 2.22. The maximum atomic E-state index is 11.5. The van der Waals surface area contributed by atoms with Crippen molar-refractivity contribution in [2.45, 2.75) is 19.1 Å². The average Bonchev–Trinajstić information content (AvgIpc) is 1.62. The van der Waals surface area contributed by atoms with E-state index in [0.29, 0.717) is 0 Å². The van der Waals surface area contributed by atoms with Crippen molar-refractivity contribution in [3.8, 4) is 0 Å². The highest BCUT2D eigenvalue weighted by atomic mass is 19.4. The molecule has 0 aliphatic rings. The summed E-state index contributed by atoms with van der Waals surface area (Å²) >= 11 is 0. The van der Waals surface area contributed by atoms with Crippen LogP contribution in [0.3, 0.4) is 0 Å². The van der Waals surface area contributed by atoms with Crippen LogP contribution in [0.25, 0.3) is 0 Å². The van der Waals surface area contributed by atoms with Crippen LogP contribution in [0, 0.1) is 0 Å². The minimum atomic E-state index is -4.34. The predicted octanol–water partition coefficient (Wildman–Crippen LogP) is 1.26. The SMILES string of the molecule is CC(N(C)O)C(F)(F)F. The van der Waals surface area contributed by atoms with Crippen LogP contribution >= 0.6 is 0 Å². The number of halogens is 3. The fourth-order valence-electron chi connectivity index (χ4n) is 0.212. The van der Waals surface area contributed by atoms with E-state index >= 15 is 0 Å². The summed E-state index contributed by atoms with van der Waals surface area (Å²) in [6.07, 6.45) is -4.34. The Labute approximate surface area is 50.8 Å². The van der Waals surface area contributed by atoms with E-state index in [2.05, 4.69) is 0 Å². The van der Waals surface area contributed by atoms with E-state index in [1.165, 1.54) is 0 Å². The minimum Gasteiger partial charge on any atom is -0.314 e. The van der Waals surface area contributed by atoms with Gasteiger partial charge in [-0.2, -0.15) is 18.2 Å². The molecule has 0 heterocycles.